The van der Waals surface area contributed by atoms with Gasteiger partial charge in [0.25, 0.3) is 5.91 Å². The number of H-pyrrole nitrogens is 1. The Morgan fingerprint density at radius 1 is 1.32 bits per heavy atom. The molecule has 6 heteroatoms. The third kappa shape index (κ3) is 2.39. The van der Waals surface area contributed by atoms with E-state index in [1.165, 1.54) is 12.3 Å². The second-order valence-electron chi connectivity index (χ2n) is 5.11. The first kappa shape index (κ1) is 14.1. The second kappa shape index (κ2) is 5.48. The van der Waals surface area contributed by atoms with Crippen molar-refractivity contribution in [3.8, 4) is 0 Å². The Balaban J connectivity index is 2.03. The van der Waals surface area contributed by atoms with Gasteiger partial charge in [0, 0.05) is 30.1 Å². The van der Waals surface area contributed by atoms with Gasteiger partial charge in [-0.3, -0.25) is 9.59 Å². The molecule has 0 saturated heterocycles. The van der Waals surface area contributed by atoms with Gasteiger partial charge in [-0.2, -0.15) is 0 Å². The van der Waals surface area contributed by atoms with Crippen molar-refractivity contribution in [3.05, 3.63) is 64.3 Å². The van der Waals surface area contributed by atoms with Gasteiger partial charge in [0.05, 0.1) is 11.6 Å². The van der Waals surface area contributed by atoms with Crippen molar-refractivity contribution >= 4 is 16.8 Å². The number of benzene rings is 1. The predicted molar refractivity (Wildman–Crippen MR) is 81.6 cm³/mol. The molecule has 112 valence electrons. The molecule has 22 heavy (non-hydrogen) atoms. The summed E-state index contributed by atoms with van der Waals surface area (Å²) < 4.78 is 4.82. The van der Waals surface area contributed by atoms with Gasteiger partial charge in [0.1, 0.15) is 12.0 Å². The number of hydrogen-bond acceptors (Lipinski definition) is 4. The topological polar surface area (TPSA) is 79.2 Å². The van der Waals surface area contributed by atoms with Gasteiger partial charge in [-0.05, 0) is 13.0 Å². The highest BCUT2D eigenvalue weighted by Gasteiger charge is 2.22. The van der Waals surface area contributed by atoms with Crippen LogP contribution in [0.4, 0.5) is 0 Å². The second-order valence-corrected chi connectivity index (χ2v) is 5.11. The van der Waals surface area contributed by atoms with E-state index in [2.05, 4.69) is 10.1 Å². The number of amides is 1. The van der Waals surface area contributed by atoms with Gasteiger partial charge >= 0.3 is 0 Å². The van der Waals surface area contributed by atoms with Crippen molar-refractivity contribution in [2.75, 3.05) is 7.05 Å². The van der Waals surface area contributed by atoms with E-state index >= 15 is 0 Å². The van der Waals surface area contributed by atoms with Crippen LogP contribution in [0.25, 0.3) is 10.9 Å². The lowest BCUT2D eigenvalue weighted by Gasteiger charge is -2.23. The highest BCUT2D eigenvalue weighted by atomic mass is 16.5. The fourth-order valence-corrected chi connectivity index (χ4v) is 2.38. The molecule has 3 rings (SSSR count). The monoisotopic (exact) mass is 297 g/mol. The van der Waals surface area contributed by atoms with Gasteiger partial charge < -0.3 is 14.4 Å². The van der Waals surface area contributed by atoms with Gasteiger partial charge in [-0.1, -0.05) is 23.4 Å². The summed E-state index contributed by atoms with van der Waals surface area (Å²) in [6.45, 7) is 1.85. The van der Waals surface area contributed by atoms with Crippen LogP contribution in [0.3, 0.4) is 0 Å². The van der Waals surface area contributed by atoms with Crippen molar-refractivity contribution in [2.45, 2.75) is 13.0 Å². The molecule has 0 aliphatic carbocycles. The fourth-order valence-electron chi connectivity index (χ4n) is 2.38. The Hall–Kier alpha value is -2.89. The smallest absolute Gasteiger partial charge is 0.255 e. The molecule has 0 aliphatic heterocycles. The van der Waals surface area contributed by atoms with E-state index in [9.17, 15) is 9.59 Å². The summed E-state index contributed by atoms with van der Waals surface area (Å²) in [6.07, 6.45) is 1.47. The van der Waals surface area contributed by atoms with Crippen molar-refractivity contribution < 1.29 is 9.32 Å². The number of carbonyl (C=O) groups excluding carboxylic acids is 1. The van der Waals surface area contributed by atoms with E-state index in [1.807, 2.05) is 25.1 Å². The maximum Gasteiger partial charge on any atom is 0.255 e. The van der Waals surface area contributed by atoms with Crippen LogP contribution in [0.5, 0.6) is 0 Å². The number of pyridine rings is 1. The van der Waals surface area contributed by atoms with E-state index in [0.717, 1.165) is 0 Å². The van der Waals surface area contributed by atoms with E-state index in [1.54, 1.807) is 24.1 Å². The van der Waals surface area contributed by atoms with Crippen LogP contribution >= 0.6 is 0 Å². The van der Waals surface area contributed by atoms with E-state index in [4.69, 9.17) is 4.52 Å². The lowest BCUT2D eigenvalue weighted by molar-refractivity contribution is 0.0739. The Bertz CT molecular complexity index is 868. The molecule has 0 bridgehead atoms. The fraction of sp³-hybridized carbons (Fsp3) is 0.188. The number of nitrogens with one attached hydrogen (secondary N) is 1. The lowest BCUT2D eigenvalue weighted by atomic mass is 10.1. The third-order valence-electron chi connectivity index (χ3n) is 3.77. The summed E-state index contributed by atoms with van der Waals surface area (Å²) in [4.78, 5) is 28.8. The summed E-state index contributed by atoms with van der Waals surface area (Å²) in [7, 11) is 1.68. The zero-order chi connectivity index (χ0) is 15.7. The lowest BCUT2D eigenvalue weighted by Crippen LogP contribution is -2.30. The summed E-state index contributed by atoms with van der Waals surface area (Å²) >= 11 is 0. The minimum atomic E-state index is -0.301. The van der Waals surface area contributed by atoms with Gasteiger partial charge in [-0.25, -0.2) is 0 Å². The molecule has 6 nitrogen and oxygen atoms in total. The van der Waals surface area contributed by atoms with E-state index < -0.39 is 0 Å². The highest BCUT2D eigenvalue weighted by Crippen LogP contribution is 2.22. The predicted octanol–water partition coefficient (Wildman–Crippen LogP) is 2.35. The maximum absolute atomic E-state index is 12.8. The Morgan fingerprint density at radius 3 is 2.82 bits per heavy atom. The largest absolute Gasteiger partial charge is 0.364 e. The molecular formula is C16H15N3O3. The zero-order valence-electron chi connectivity index (χ0n) is 12.2. The van der Waals surface area contributed by atoms with Crippen LogP contribution in [-0.4, -0.2) is 28.0 Å². The van der Waals surface area contributed by atoms with Crippen molar-refractivity contribution in [3.63, 3.8) is 0 Å². The van der Waals surface area contributed by atoms with Crippen molar-refractivity contribution in [1.29, 1.82) is 0 Å². The van der Waals surface area contributed by atoms with Crippen LogP contribution < -0.4 is 5.56 Å². The molecule has 0 unspecified atom stereocenters. The quantitative estimate of drug-likeness (QED) is 0.804. The van der Waals surface area contributed by atoms with Gasteiger partial charge in [0.2, 0.25) is 5.56 Å². The number of aromatic amines is 1. The molecule has 2 aromatic heterocycles. The molecule has 0 spiro atoms. The molecule has 0 aliphatic rings. The van der Waals surface area contributed by atoms with Gasteiger partial charge in [-0.15, -0.1) is 0 Å². The van der Waals surface area contributed by atoms with Crippen LogP contribution in [0.15, 0.2) is 52.0 Å². The van der Waals surface area contributed by atoms with Crippen molar-refractivity contribution in [1.82, 2.24) is 15.0 Å². The maximum atomic E-state index is 12.8. The minimum absolute atomic E-state index is 0.238. The number of hydrogen-bond donors (Lipinski definition) is 1. The molecule has 3 aromatic rings. The number of para-hydroxylation sites is 1. The number of nitrogens with zero attached hydrogens (tertiary/aromatic N) is 2. The van der Waals surface area contributed by atoms with Crippen LogP contribution in [0.2, 0.25) is 0 Å². The van der Waals surface area contributed by atoms with Gasteiger partial charge in [0.15, 0.2) is 0 Å². The molecule has 0 saturated carbocycles. The van der Waals surface area contributed by atoms with E-state index in [0.29, 0.717) is 22.2 Å². The van der Waals surface area contributed by atoms with Crippen LogP contribution in [0, 0.1) is 0 Å². The molecule has 0 fully saturated rings. The molecule has 1 amide bonds. The standard InChI is InChI=1S/C16H15N3O3/c1-10(13-7-8-22-18-13)19(2)16(21)12-9-15(20)17-14-6-4-3-5-11(12)14/h3-10H,1-2H3,(H,17,20)/t10-/m0/s1. The molecule has 0 radical (unpaired) electrons. The van der Waals surface area contributed by atoms with E-state index in [-0.39, 0.29) is 17.5 Å². The Kier molecular flexibility index (Phi) is 3.50. The number of aromatic nitrogens is 2. The molecule has 1 aromatic carbocycles. The normalized spacial score (nSPS) is 12.3. The molecule has 1 atom stereocenters. The number of carbonyl (C=O) groups is 1. The summed E-state index contributed by atoms with van der Waals surface area (Å²) in [5.41, 5.74) is 1.37. The Labute approximate surface area is 126 Å². The van der Waals surface area contributed by atoms with Crippen LogP contribution in [-0.2, 0) is 0 Å². The van der Waals surface area contributed by atoms with Crippen LogP contribution in [0.1, 0.15) is 29.0 Å². The number of rotatable bonds is 3. The zero-order valence-corrected chi connectivity index (χ0v) is 12.2. The first-order chi connectivity index (χ1) is 10.6. The summed E-state index contributed by atoms with van der Waals surface area (Å²) in [6, 6.07) is 10.0. The summed E-state index contributed by atoms with van der Waals surface area (Å²) in [5.74, 6) is -0.238. The highest BCUT2D eigenvalue weighted by molar-refractivity contribution is 6.05. The van der Waals surface area contributed by atoms with Crippen molar-refractivity contribution in [2.24, 2.45) is 0 Å². The SMILES string of the molecule is C[C@@H](c1ccon1)N(C)C(=O)c1cc(=O)[nH]c2ccccc12. The average Bonchev–Trinajstić information content (AvgIpc) is 3.06. The number of fused-ring (bicyclic) bond motifs is 1. The molecule has 1 N–H and O–H groups in total. The average molecular weight is 297 g/mol. The minimum Gasteiger partial charge on any atom is -0.364 e. The third-order valence-corrected chi connectivity index (χ3v) is 3.77. The molecular weight excluding hydrogens is 282 g/mol. The summed E-state index contributed by atoms with van der Waals surface area (Å²) in [5, 5.41) is 4.57. The first-order valence-corrected chi connectivity index (χ1v) is 6.87. The first-order valence-electron chi connectivity index (χ1n) is 6.87. The molecule has 2 heterocycles. The Morgan fingerprint density at radius 2 is 2.09 bits per heavy atom.